The first-order chi connectivity index (χ1) is 13.9. The Balaban J connectivity index is 1.44. The second kappa shape index (κ2) is 7.86. The number of amides is 1. The molecule has 0 spiro atoms. The van der Waals surface area contributed by atoms with E-state index in [4.69, 9.17) is 0 Å². The molecule has 154 valence electrons. The molecule has 1 unspecified atom stereocenters. The summed E-state index contributed by atoms with van der Waals surface area (Å²) in [7, 11) is 0. The van der Waals surface area contributed by atoms with Gasteiger partial charge in [0.2, 0.25) is 0 Å². The van der Waals surface area contributed by atoms with E-state index in [1.807, 2.05) is 24.3 Å². The fourth-order valence-corrected chi connectivity index (χ4v) is 6.55. The summed E-state index contributed by atoms with van der Waals surface area (Å²) in [4.78, 5) is 12.7. The molecule has 4 heteroatoms. The number of anilines is 1. The molecule has 1 aromatic rings. The highest BCUT2D eigenvalue weighted by atomic mass is 16.1. The minimum atomic E-state index is -0.342. The van der Waals surface area contributed by atoms with Crippen LogP contribution in [0.5, 0.6) is 0 Å². The van der Waals surface area contributed by atoms with Gasteiger partial charge in [0.15, 0.2) is 0 Å². The van der Waals surface area contributed by atoms with Crippen LogP contribution in [-0.4, -0.2) is 11.9 Å². The van der Waals surface area contributed by atoms with Gasteiger partial charge < -0.3 is 10.6 Å². The summed E-state index contributed by atoms with van der Waals surface area (Å²) in [5.74, 6) is 2.63. The van der Waals surface area contributed by atoms with E-state index in [-0.39, 0.29) is 17.5 Å². The van der Waals surface area contributed by atoms with E-state index < -0.39 is 0 Å². The second-order valence-electron chi connectivity index (χ2n) is 10.0. The van der Waals surface area contributed by atoms with Gasteiger partial charge in [-0.2, -0.15) is 5.26 Å². The van der Waals surface area contributed by atoms with Crippen LogP contribution in [-0.2, 0) is 4.79 Å². The summed E-state index contributed by atoms with van der Waals surface area (Å²) in [5, 5.41) is 16.0. The summed E-state index contributed by atoms with van der Waals surface area (Å²) in [6, 6.07) is 10.2. The molecule has 1 aromatic carbocycles. The number of carbonyl (C=O) groups is 1. The molecule has 0 heterocycles. The van der Waals surface area contributed by atoms with Gasteiger partial charge in [-0.15, -0.1) is 0 Å². The van der Waals surface area contributed by atoms with E-state index in [1.54, 1.807) is 6.20 Å². The van der Waals surface area contributed by atoms with E-state index in [9.17, 15) is 10.1 Å². The maximum Gasteiger partial charge on any atom is 0.267 e. The largest absolute Gasteiger partial charge is 0.387 e. The zero-order valence-electron chi connectivity index (χ0n) is 17.9. The highest BCUT2D eigenvalue weighted by Gasteiger charge is 2.53. The summed E-state index contributed by atoms with van der Waals surface area (Å²) >= 11 is 0. The maximum absolute atomic E-state index is 12.7. The SMILES string of the molecule is CC(C)c1ccccc1NC(=O)/C(C#N)=C\NC(C)C12CC3CC(CC(C3)C1)C2. The molecule has 4 aliphatic carbocycles. The number of nitrogens with zero attached hydrogens (tertiary/aromatic N) is 1. The van der Waals surface area contributed by atoms with Gasteiger partial charge in [-0.05, 0) is 86.2 Å². The van der Waals surface area contributed by atoms with Crippen molar-refractivity contribution in [3.8, 4) is 6.07 Å². The molecular weight excluding hydrogens is 358 g/mol. The van der Waals surface area contributed by atoms with Crippen LogP contribution < -0.4 is 10.6 Å². The van der Waals surface area contributed by atoms with E-state index in [1.165, 1.54) is 38.5 Å². The normalized spacial score (nSPS) is 31.4. The van der Waals surface area contributed by atoms with Crippen molar-refractivity contribution in [2.75, 3.05) is 5.32 Å². The van der Waals surface area contributed by atoms with Crippen LogP contribution >= 0.6 is 0 Å². The number of nitrogens with one attached hydrogen (secondary N) is 2. The topological polar surface area (TPSA) is 64.9 Å². The number of rotatable bonds is 6. The minimum absolute atomic E-state index is 0.139. The first-order valence-electron chi connectivity index (χ1n) is 11.2. The van der Waals surface area contributed by atoms with Crippen LogP contribution in [0.25, 0.3) is 0 Å². The number of para-hydroxylation sites is 1. The highest BCUT2D eigenvalue weighted by molar-refractivity contribution is 6.06. The lowest BCUT2D eigenvalue weighted by atomic mass is 9.48. The predicted octanol–water partition coefficient (Wildman–Crippen LogP) is 5.35. The first-order valence-corrected chi connectivity index (χ1v) is 11.2. The number of carbonyl (C=O) groups excluding carboxylic acids is 1. The number of hydrogen-bond acceptors (Lipinski definition) is 3. The molecule has 0 saturated heterocycles. The Morgan fingerprint density at radius 3 is 2.24 bits per heavy atom. The molecule has 1 amide bonds. The van der Waals surface area contributed by atoms with Crippen molar-refractivity contribution in [3.63, 3.8) is 0 Å². The monoisotopic (exact) mass is 391 g/mol. The fraction of sp³-hybridized carbons (Fsp3) is 0.600. The zero-order valence-corrected chi connectivity index (χ0v) is 17.9. The Hall–Kier alpha value is -2.28. The standard InChI is InChI=1S/C25H33N3O/c1-16(2)22-6-4-5-7-23(22)28-24(29)21(14-26)15-27-17(3)25-11-18-8-19(12-25)10-20(9-18)13-25/h4-7,15-20,27H,8-13H2,1-3H3,(H,28,29)/b21-15-. The van der Waals surface area contributed by atoms with Crippen molar-refractivity contribution in [3.05, 3.63) is 41.6 Å². The number of benzene rings is 1. The van der Waals surface area contributed by atoms with Crippen molar-refractivity contribution < 1.29 is 4.79 Å². The summed E-state index contributed by atoms with van der Waals surface area (Å²) in [5.41, 5.74) is 2.34. The van der Waals surface area contributed by atoms with Crippen molar-refractivity contribution in [1.29, 1.82) is 5.26 Å². The molecule has 4 aliphatic rings. The third-order valence-electron chi connectivity index (χ3n) is 7.68. The van der Waals surface area contributed by atoms with Crippen LogP contribution in [0.4, 0.5) is 5.69 Å². The zero-order chi connectivity index (χ0) is 20.6. The molecule has 4 bridgehead atoms. The van der Waals surface area contributed by atoms with E-state index in [0.717, 1.165) is 29.0 Å². The lowest BCUT2D eigenvalue weighted by Crippen LogP contribution is -2.54. The molecule has 1 atom stereocenters. The Kier molecular flexibility index (Phi) is 5.42. The molecule has 29 heavy (non-hydrogen) atoms. The Morgan fingerprint density at radius 2 is 1.69 bits per heavy atom. The van der Waals surface area contributed by atoms with Crippen LogP contribution in [0, 0.1) is 34.5 Å². The molecule has 2 N–H and O–H groups in total. The third kappa shape index (κ3) is 3.92. The highest BCUT2D eigenvalue weighted by Crippen LogP contribution is 2.61. The smallest absolute Gasteiger partial charge is 0.267 e. The van der Waals surface area contributed by atoms with Crippen LogP contribution in [0.15, 0.2) is 36.0 Å². The van der Waals surface area contributed by atoms with Gasteiger partial charge >= 0.3 is 0 Å². The van der Waals surface area contributed by atoms with E-state index >= 15 is 0 Å². The van der Waals surface area contributed by atoms with E-state index in [0.29, 0.717) is 11.3 Å². The summed E-state index contributed by atoms with van der Waals surface area (Å²) in [6.45, 7) is 6.44. The average Bonchev–Trinajstić information content (AvgIpc) is 2.67. The van der Waals surface area contributed by atoms with Gasteiger partial charge in [0.05, 0.1) is 0 Å². The summed E-state index contributed by atoms with van der Waals surface area (Å²) in [6.07, 6.45) is 9.82. The van der Waals surface area contributed by atoms with Gasteiger partial charge in [-0.1, -0.05) is 32.0 Å². The maximum atomic E-state index is 12.7. The Labute approximate surface area is 174 Å². The second-order valence-corrected chi connectivity index (χ2v) is 10.0. The van der Waals surface area contributed by atoms with Crippen LogP contribution in [0.1, 0.15) is 70.8 Å². The molecule has 0 aromatic heterocycles. The van der Waals surface area contributed by atoms with Gasteiger partial charge in [0.25, 0.3) is 5.91 Å². The Bertz CT molecular complexity index is 813. The molecule has 5 rings (SSSR count). The lowest BCUT2D eigenvalue weighted by molar-refractivity contribution is -0.112. The van der Waals surface area contributed by atoms with Crippen LogP contribution in [0.2, 0.25) is 0 Å². The van der Waals surface area contributed by atoms with Gasteiger partial charge in [0.1, 0.15) is 11.6 Å². The molecule has 0 aliphatic heterocycles. The van der Waals surface area contributed by atoms with Gasteiger partial charge in [-0.3, -0.25) is 4.79 Å². The Morgan fingerprint density at radius 1 is 1.10 bits per heavy atom. The average molecular weight is 392 g/mol. The van der Waals surface area contributed by atoms with Gasteiger partial charge in [0, 0.05) is 17.9 Å². The van der Waals surface area contributed by atoms with Crippen molar-refractivity contribution in [1.82, 2.24) is 5.32 Å². The minimum Gasteiger partial charge on any atom is -0.387 e. The van der Waals surface area contributed by atoms with Crippen molar-refractivity contribution in [2.24, 2.45) is 23.2 Å². The molecule has 4 fully saturated rings. The van der Waals surface area contributed by atoms with Crippen LogP contribution in [0.3, 0.4) is 0 Å². The number of hydrogen-bond donors (Lipinski definition) is 2. The fourth-order valence-electron chi connectivity index (χ4n) is 6.55. The number of nitriles is 1. The van der Waals surface area contributed by atoms with E-state index in [2.05, 4.69) is 37.5 Å². The summed E-state index contributed by atoms with van der Waals surface area (Å²) < 4.78 is 0. The van der Waals surface area contributed by atoms with Gasteiger partial charge in [-0.25, -0.2) is 0 Å². The lowest BCUT2D eigenvalue weighted by Gasteiger charge is -2.59. The quantitative estimate of drug-likeness (QED) is 0.507. The molecule has 4 saturated carbocycles. The van der Waals surface area contributed by atoms with Crippen molar-refractivity contribution in [2.45, 2.75) is 71.3 Å². The molecule has 4 nitrogen and oxygen atoms in total. The predicted molar refractivity (Wildman–Crippen MR) is 116 cm³/mol. The first kappa shape index (κ1) is 20.0. The third-order valence-corrected chi connectivity index (χ3v) is 7.68. The molecule has 0 radical (unpaired) electrons. The van der Waals surface area contributed by atoms with Crippen molar-refractivity contribution >= 4 is 11.6 Å². The molecular formula is C25H33N3O.